The second-order valence-corrected chi connectivity index (χ2v) is 4.22. The lowest BCUT2D eigenvalue weighted by Gasteiger charge is -2.07. The van der Waals surface area contributed by atoms with E-state index in [1.165, 1.54) is 0 Å². The Balaban J connectivity index is 2.48. The Labute approximate surface area is 108 Å². The van der Waals surface area contributed by atoms with Crippen molar-refractivity contribution < 1.29 is 9.59 Å². The highest BCUT2D eigenvalue weighted by Gasteiger charge is 2.08. The average Bonchev–Trinajstić information content (AvgIpc) is 2.37. The topological polar surface area (TPSA) is 72.2 Å². The zero-order valence-electron chi connectivity index (χ0n) is 10.7. The fourth-order valence-corrected chi connectivity index (χ4v) is 1.72. The zero-order chi connectivity index (χ0) is 13.4. The Kier molecular flexibility index (Phi) is 5.91. The third-order valence-corrected chi connectivity index (χ3v) is 2.76. The lowest BCUT2D eigenvalue weighted by atomic mass is 10.0. The van der Waals surface area contributed by atoms with Crippen molar-refractivity contribution in [2.45, 2.75) is 32.6 Å². The summed E-state index contributed by atoms with van der Waals surface area (Å²) in [4.78, 5) is 22.7. The van der Waals surface area contributed by atoms with Crippen LogP contribution in [0.3, 0.4) is 0 Å². The Hall–Kier alpha value is -1.84. The Morgan fingerprint density at radius 3 is 2.67 bits per heavy atom. The average molecular weight is 248 g/mol. The van der Waals surface area contributed by atoms with Crippen LogP contribution in [0.2, 0.25) is 0 Å². The molecule has 4 heteroatoms. The minimum atomic E-state index is -0.447. The van der Waals surface area contributed by atoms with Crippen LogP contribution in [0.5, 0.6) is 0 Å². The van der Waals surface area contributed by atoms with Crippen molar-refractivity contribution in [3.63, 3.8) is 0 Å². The number of carbonyl (C=O) groups is 2. The third kappa shape index (κ3) is 4.57. The highest BCUT2D eigenvalue weighted by Crippen LogP contribution is 2.10. The molecule has 0 heterocycles. The minimum absolute atomic E-state index is 0.0164. The Morgan fingerprint density at radius 2 is 2.00 bits per heavy atom. The van der Waals surface area contributed by atoms with Crippen molar-refractivity contribution >= 4 is 11.8 Å². The van der Waals surface area contributed by atoms with E-state index in [1.54, 1.807) is 12.1 Å². The monoisotopic (exact) mass is 248 g/mol. The molecule has 0 aromatic heterocycles. The molecule has 0 saturated heterocycles. The van der Waals surface area contributed by atoms with Gasteiger partial charge in [-0.2, -0.15) is 0 Å². The fraction of sp³-hybridized carbons (Fsp3) is 0.429. The number of aryl methyl sites for hydroxylation is 1. The van der Waals surface area contributed by atoms with Gasteiger partial charge in [-0.3, -0.25) is 9.59 Å². The summed E-state index contributed by atoms with van der Waals surface area (Å²) in [5.74, 6) is -0.431. The number of primary amides is 1. The van der Waals surface area contributed by atoms with Gasteiger partial charge in [-0.05, 0) is 24.5 Å². The van der Waals surface area contributed by atoms with Crippen LogP contribution in [0.1, 0.15) is 42.1 Å². The molecule has 0 saturated carbocycles. The molecule has 18 heavy (non-hydrogen) atoms. The molecule has 1 rings (SSSR count). The summed E-state index contributed by atoms with van der Waals surface area (Å²) in [6, 6.07) is 7.13. The number of unbranched alkanes of at least 4 members (excludes halogenated alkanes) is 1. The first-order valence-corrected chi connectivity index (χ1v) is 6.29. The molecule has 0 bridgehead atoms. The molecule has 2 amide bonds. The third-order valence-electron chi connectivity index (χ3n) is 2.76. The second-order valence-electron chi connectivity index (χ2n) is 4.22. The summed E-state index contributed by atoms with van der Waals surface area (Å²) in [7, 11) is 0. The maximum Gasteiger partial charge on any atom is 0.248 e. The van der Waals surface area contributed by atoms with E-state index in [0.29, 0.717) is 24.9 Å². The van der Waals surface area contributed by atoms with Crippen molar-refractivity contribution in [2.24, 2.45) is 5.73 Å². The van der Waals surface area contributed by atoms with E-state index in [0.717, 1.165) is 18.4 Å². The second kappa shape index (κ2) is 7.48. The number of nitrogens with two attached hydrogens (primary N) is 1. The molecule has 0 atom stereocenters. The predicted molar refractivity (Wildman–Crippen MR) is 71.2 cm³/mol. The number of benzene rings is 1. The van der Waals surface area contributed by atoms with Gasteiger partial charge in [0.15, 0.2) is 0 Å². The van der Waals surface area contributed by atoms with Crippen LogP contribution in [0.25, 0.3) is 0 Å². The van der Waals surface area contributed by atoms with Gasteiger partial charge in [-0.15, -0.1) is 0 Å². The molecule has 98 valence electrons. The minimum Gasteiger partial charge on any atom is -0.366 e. The van der Waals surface area contributed by atoms with Crippen molar-refractivity contribution in [1.29, 1.82) is 0 Å². The van der Waals surface area contributed by atoms with Crippen LogP contribution in [0, 0.1) is 0 Å². The molecular formula is C14H20N2O2. The maximum absolute atomic E-state index is 11.5. The van der Waals surface area contributed by atoms with Gasteiger partial charge in [0, 0.05) is 18.5 Å². The van der Waals surface area contributed by atoms with Gasteiger partial charge in [0.05, 0.1) is 0 Å². The molecule has 0 fully saturated rings. The largest absolute Gasteiger partial charge is 0.366 e. The highest BCUT2D eigenvalue weighted by atomic mass is 16.1. The van der Waals surface area contributed by atoms with Crippen molar-refractivity contribution in [3.05, 3.63) is 35.4 Å². The summed E-state index contributed by atoms with van der Waals surface area (Å²) in [6.45, 7) is 2.79. The normalized spacial score (nSPS) is 10.1. The van der Waals surface area contributed by atoms with E-state index in [1.807, 2.05) is 12.1 Å². The lowest BCUT2D eigenvalue weighted by Crippen LogP contribution is -2.25. The summed E-state index contributed by atoms with van der Waals surface area (Å²) < 4.78 is 0. The zero-order valence-corrected chi connectivity index (χ0v) is 10.7. The highest BCUT2D eigenvalue weighted by molar-refractivity contribution is 5.94. The van der Waals surface area contributed by atoms with E-state index in [-0.39, 0.29) is 5.91 Å². The van der Waals surface area contributed by atoms with Gasteiger partial charge >= 0.3 is 0 Å². The van der Waals surface area contributed by atoms with Crippen LogP contribution < -0.4 is 11.1 Å². The van der Waals surface area contributed by atoms with Crippen LogP contribution in [0.15, 0.2) is 24.3 Å². The summed E-state index contributed by atoms with van der Waals surface area (Å²) in [6.07, 6.45) is 2.97. The van der Waals surface area contributed by atoms with Gasteiger partial charge in [-0.25, -0.2) is 0 Å². The molecule has 1 aromatic rings. The summed E-state index contributed by atoms with van der Waals surface area (Å²) in [5.41, 5.74) is 6.61. The number of hydrogen-bond donors (Lipinski definition) is 2. The summed E-state index contributed by atoms with van der Waals surface area (Å²) >= 11 is 0. The molecule has 4 nitrogen and oxygen atoms in total. The van der Waals surface area contributed by atoms with Gasteiger partial charge in [0.1, 0.15) is 0 Å². The number of amides is 2. The molecule has 0 aliphatic carbocycles. The summed E-state index contributed by atoms with van der Waals surface area (Å²) in [5, 5.41) is 2.85. The standard InChI is InChI=1S/C14H20N2O2/c1-2-3-10-16-13(17)9-8-11-6-4-5-7-12(11)14(15)18/h4-7H,2-3,8-10H2,1H3,(H2,15,18)(H,16,17). The molecule has 0 aliphatic rings. The molecule has 1 aromatic carbocycles. The van der Waals surface area contributed by atoms with Gasteiger partial charge < -0.3 is 11.1 Å². The van der Waals surface area contributed by atoms with E-state index in [4.69, 9.17) is 5.73 Å². The van der Waals surface area contributed by atoms with Crippen molar-refractivity contribution in [1.82, 2.24) is 5.32 Å². The van der Waals surface area contributed by atoms with E-state index < -0.39 is 5.91 Å². The van der Waals surface area contributed by atoms with Crippen LogP contribution in [-0.4, -0.2) is 18.4 Å². The molecular weight excluding hydrogens is 228 g/mol. The van der Waals surface area contributed by atoms with Crippen LogP contribution in [0.4, 0.5) is 0 Å². The molecule has 0 radical (unpaired) electrons. The van der Waals surface area contributed by atoms with Gasteiger partial charge in [0.2, 0.25) is 11.8 Å². The Bertz CT molecular complexity index is 416. The molecule has 0 spiro atoms. The van der Waals surface area contributed by atoms with Gasteiger partial charge in [-0.1, -0.05) is 31.5 Å². The SMILES string of the molecule is CCCCNC(=O)CCc1ccccc1C(N)=O. The van der Waals surface area contributed by atoms with Crippen molar-refractivity contribution in [3.8, 4) is 0 Å². The number of nitrogens with one attached hydrogen (secondary N) is 1. The Morgan fingerprint density at radius 1 is 1.28 bits per heavy atom. The molecule has 3 N–H and O–H groups in total. The van der Waals surface area contributed by atoms with Gasteiger partial charge in [0.25, 0.3) is 0 Å². The van der Waals surface area contributed by atoms with E-state index in [2.05, 4.69) is 12.2 Å². The van der Waals surface area contributed by atoms with E-state index >= 15 is 0 Å². The first kappa shape index (κ1) is 14.2. The quantitative estimate of drug-likeness (QED) is 0.720. The van der Waals surface area contributed by atoms with Crippen LogP contribution in [-0.2, 0) is 11.2 Å². The van der Waals surface area contributed by atoms with E-state index in [9.17, 15) is 9.59 Å². The number of carbonyl (C=O) groups excluding carboxylic acids is 2. The number of hydrogen-bond acceptors (Lipinski definition) is 2. The molecule has 0 aliphatic heterocycles. The van der Waals surface area contributed by atoms with Crippen LogP contribution >= 0.6 is 0 Å². The smallest absolute Gasteiger partial charge is 0.248 e. The fourth-order valence-electron chi connectivity index (χ4n) is 1.72. The first-order valence-electron chi connectivity index (χ1n) is 6.29. The maximum atomic E-state index is 11.5. The number of rotatable bonds is 7. The lowest BCUT2D eigenvalue weighted by molar-refractivity contribution is -0.121. The first-order chi connectivity index (χ1) is 8.65. The molecule has 0 unspecified atom stereocenters. The van der Waals surface area contributed by atoms with Crippen molar-refractivity contribution in [2.75, 3.05) is 6.54 Å². The predicted octanol–water partition coefficient (Wildman–Crippen LogP) is 1.63.